The van der Waals surface area contributed by atoms with E-state index >= 15 is 0 Å². The van der Waals surface area contributed by atoms with Crippen LogP contribution in [0.2, 0.25) is 0 Å². The molecule has 0 aromatic carbocycles. The maximum atomic E-state index is 11.7. The first-order chi connectivity index (χ1) is 7.16. The van der Waals surface area contributed by atoms with Crippen molar-refractivity contribution in [2.45, 2.75) is 20.4 Å². The Labute approximate surface area is 87.5 Å². The highest BCUT2D eigenvalue weighted by Crippen LogP contribution is 2.06. The van der Waals surface area contributed by atoms with E-state index in [0.29, 0.717) is 5.76 Å². The van der Waals surface area contributed by atoms with Crippen LogP contribution in [0.3, 0.4) is 0 Å². The zero-order valence-electron chi connectivity index (χ0n) is 8.73. The van der Waals surface area contributed by atoms with Gasteiger partial charge >= 0.3 is 0 Å². The van der Waals surface area contributed by atoms with Gasteiger partial charge in [-0.2, -0.15) is 5.10 Å². The average Bonchev–Trinajstić information content (AvgIpc) is 2.76. The van der Waals surface area contributed by atoms with Crippen molar-refractivity contribution < 1.29 is 9.21 Å². The third-order valence-corrected chi connectivity index (χ3v) is 2.19. The van der Waals surface area contributed by atoms with E-state index < -0.39 is 0 Å². The van der Waals surface area contributed by atoms with Gasteiger partial charge in [-0.25, -0.2) is 0 Å². The van der Waals surface area contributed by atoms with E-state index in [-0.39, 0.29) is 12.3 Å². The monoisotopic (exact) mass is 204 g/mol. The second-order valence-corrected chi connectivity index (χ2v) is 3.49. The molecule has 2 heterocycles. The number of nitrogens with zero attached hydrogens (tertiary/aromatic N) is 2. The number of rotatable bonds is 3. The zero-order valence-corrected chi connectivity index (χ0v) is 8.73. The van der Waals surface area contributed by atoms with Gasteiger partial charge in [-0.05, 0) is 32.0 Å². The molecule has 4 heteroatoms. The van der Waals surface area contributed by atoms with Gasteiger partial charge in [-0.15, -0.1) is 0 Å². The van der Waals surface area contributed by atoms with E-state index in [4.69, 9.17) is 4.42 Å². The first kappa shape index (κ1) is 9.71. The second-order valence-electron chi connectivity index (χ2n) is 3.49. The number of carbonyl (C=O) groups excluding carboxylic acids is 1. The number of hydrogen-bond donors (Lipinski definition) is 0. The molecule has 0 atom stereocenters. The van der Waals surface area contributed by atoms with Crippen LogP contribution in [0.25, 0.3) is 0 Å². The molecule has 0 aliphatic rings. The van der Waals surface area contributed by atoms with Crippen molar-refractivity contribution in [1.82, 2.24) is 9.78 Å². The van der Waals surface area contributed by atoms with Crippen molar-refractivity contribution in [2.24, 2.45) is 0 Å². The lowest BCUT2D eigenvalue weighted by Crippen LogP contribution is -2.12. The van der Waals surface area contributed by atoms with Crippen molar-refractivity contribution in [3.05, 3.63) is 41.6 Å². The lowest BCUT2D eigenvalue weighted by molar-refractivity contribution is 0.0939. The van der Waals surface area contributed by atoms with Crippen LogP contribution < -0.4 is 0 Å². The fourth-order valence-corrected chi connectivity index (χ4v) is 1.49. The summed E-state index contributed by atoms with van der Waals surface area (Å²) in [5.74, 6) is 0.314. The van der Waals surface area contributed by atoms with E-state index in [1.807, 2.05) is 19.9 Å². The molecule has 0 N–H and O–H groups in total. The molecule has 0 saturated carbocycles. The summed E-state index contributed by atoms with van der Waals surface area (Å²) in [6, 6.07) is 5.30. The molecule has 2 aromatic heterocycles. The van der Waals surface area contributed by atoms with Crippen LogP contribution in [-0.4, -0.2) is 15.6 Å². The molecule has 78 valence electrons. The van der Waals surface area contributed by atoms with Gasteiger partial charge in [0.05, 0.1) is 12.0 Å². The van der Waals surface area contributed by atoms with Crippen LogP contribution in [0.4, 0.5) is 0 Å². The van der Waals surface area contributed by atoms with Crippen molar-refractivity contribution in [3.8, 4) is 0 Å². The fraction of sp³-hybridized carbons (Fsp3) is 0.273. The molecular formula is C11H12N2O2. The van der Waals surface area contributed by atoms with E-state index in [1.54, 1.807) is 16.8 Å². The predicted octanol–water partition coefficient (Wildman–Crippen LogP) is 1.98. The van der Waals surface area contributed by atoms with Gasteiger partial charge in [-0.1, -0.05) is 0 Å². The van der Waals surface area contributed by atoms with E-state index in [2.05, 4.69) is 5.10 Å². The summed E-state index contributed by atoms with van der Waals surface area (Å²) >= 11 is 0. The van der Waals surface area contributed by atoms with Gasteiger partial charge in [0, 0.05) is 5.69 Å². The Hall–Kier alpha value is -1.84. The van der Waals surface area contributed by atoms with Gasteiger partial charge in [0.2, 0.25) is 5.78 Å². The minimum absolute atomic E-state index is 0.0637. The van der Waals surface area contributed by atoms with Gasteiger partial charge in [-0.3, -0.25) is 9.48 Å². The van der Waals surface area contributed by atoms with Crippen LogP contribution in [0.15, 0.2) is 28.9 Å². The standard InChI is InChI=1S/C11H12N2O2/c1-8-6-9(2)13(12-8)7-10(14)11-4-3-5-15-11/h3-6H,7H2,1-2H3. The maximum absolute atomic E-state index is 11.7. The number of ketones is 1. The minimum atomic E-state index is -0.0637. The summed E-state index contributed by atoms with van der Waals surface area (Å²) in [5.41, 5.74) is 1.90. The fourth-order valence-electron chi connectivity index (χ4n) is 1.49. The number of furan rings is 1. The van der Waals surface area contributed by atoms with Crippen molar-refractivity contribution >= 4 is 5.78 Å². The van der Waals surface area contributed by atoms with E-state index in [0.717, 1.165) is 11.4 Å². The van der Waals surface area contributed by atoms with Crippen LogP contribution >= 0.6 is 0 Å². The Bertz CT molecular complexity index is 469. The smallest absolute Gasteiger partial charge is 0.219 e. The molecule has 0 aliphatic carbocycles. The number of aromatic nitrogens is 2. The topological polar surface area (TPSA) is 48.0 Å². The normalized spacial score (nSPS) is 10.5. The summed E-state index contributed by atoms with van der Waals surface area (Å²) in [5, 5.41) is 4.21. The summed E-state index contributed by atoms with van der Waals surface area (Å²) in [6.07, 6.45) is 1.49. The molecule has 0 saturated heterocycles. The maximum Gasteiger partial charge on any atom is 0.219 e. The molecule has 0 unspecified atom stereocenters. The second kappa shape index (κ2) is 3.73. The number of carbonyl (C=O) groups is 1. The van der Waals surface area contributed by atoms with Crippen molar-refractivity contribution in [1.29, 1.82) is 0 Å². The number of hydrogen-bond acceptors (Lipinski definition) is 3. The average molecular weight is 204 g/mol. The number of aryl methyl sites for hydroxylation is 2. The highest BCUT2D eigenvalue weighted by atomic mass is 16.3. The van der Waals surface area contributed by atoms with Crippen molar-refractivity contribution in [3.63, 3.8) is 0 Å². The molecule has 0 radical (unpaired) electrons. The first-order valence-electron chi connectivity index (χ1n) is 4.74. The Balaban J connectivity index is 2.16. The Morgan fingerprint density at radius 2 is 2.33 bits per heavy atom. The molecule has 15 heavy (non-hydrogen) atoms. The minimum Gasteiger partial charge on any atom is -0.461 e. The van der Waals surface area contributed by atoms with Crippen LogP contribution in [0, 0.1) is 13.8 Å². The molecule has 0 aliphatic heterocycles. The Morgan fingerprint density at radius 3 is 2.87 bits per heavy atom. The van der Waals surface area contributed by atoms with Gasteiger partial charge < -0.3 is 4.42 Å². The van der Waals surface area contributed by atoms with Crippen LogP contribution in [0.5, 0.6) is 0 Å². The molecule has 2 aromatic rings. The summed E-state index contributed by atoms with van der Waals surface area (Å²) in [4.78, 5) is 11.7. The van der Waals surface area contributed by atoms with Crippen LogP contribution in [0.1, 0.15) is 21.9 Å². The predicted molar refractivity (Wildman–Crippen MR) is 54.7 cm³/mol. The van der Waals surface area contributed by atoms with Crippen LogP contribution in [-0.2, 0) is 6.54 Å². The van der Waals surface area contributed by atoms with Crippen molar-refractivity contribution in [2.75, 3.05) is 0 Å². The highest BCUT2D eigenvalue weighted by Gasteiger charge is 2.11. The molecular weight excluding hydrogens is 192 g/mol. The molecule has 0 fully saturated rings. The molecule has 4 nitrogen and oxygen atoms in total. The molecule has 2 rings (SSSR count). The van der Waals surface area contributed by atoms with Gasteiger partial charge in [0.25, 0.3) is 0 Å². The SMILES string of the molecule is Cc1cc(C)n(CC(=O)c2ccco2)n1. The molecule has 0 amide bonds. The lowest BCUT2D eigenvalue weighted by Gasteiger charge is -2.00. The third kappa shape index (κ3) is 1.98. The molecule has 0 spiro atoms. The Morgan fingerprint density at radius 1 is 1.53 bits per heavy atom. The summed E-state index contributed by atoms with van der Waals surface area (Å²) in [7, 11) is 0. The zero-order chi connectivity index (χ0) is 10.8. The third-order valence-electron chi connectivity index (χ3n) is 2.19. The van der Waals surface area contributed by atoms with Gasteiger partial charge in [0.1, 0.15) is 6.54 Å². The first-order valence-corrected chi connectivity index (χ1v) is 4.74. The quantitative estimate of drug-likeness (QED) is 0.718. The highest BCUT2D eigenvalue weighted by molar-refractivity contribution is 5.93. The summed E-state index contributed by atoms with van der Waals surface area (Å²) < 4.78 is 6.70. The lowest BCUT2D eigenvalue weighted by atomic mass is 10.3. The largest absolute Gasteiger partial charge is 0.461 e. The summed E-state index contributed by atoms with van der Waals surface area (Å²) in [6.45, 7) is 4.06. The number of Topliss-reactive ketones (excluding diaryl/α,β-unsaturated/α-hetero) is 1. The van der Waals surface area contributed by atoms with Gasteiger partial charge in [0.15, 0.2) is 5.76 Å². The molecule has 0 bridgehead atoms. The van der Waals surface area contributed by atoms with E-state index in [9.17, 15) is 4.79 Å². The Kier molecular flexibility index (Phi) is 2.41. The van der Waals surface area contributed by atoms with E-state index in [1.165, 1.54) is 6.26 Å².